The first-order valence-corrected chi connectivity index (χ1v) is 9.90. The Bertz CT molecular complexity index is 760. The summed E-state index contributed by atoms with van der Waals surface area (Å²) in [6, 6.07) is 7.86. The molecule has 28 heavy (non-hydrogen) atoms. The summed E-state index contributed by atoms with van der Waals surface area (Å²) in [7, 11) is 3.67. The molecule has 0 saturated carbocycles. The zero-order valence-corrected chi connectivity index (χ0v) is 17.6. The van der Waals surface area contributed by atoms with E-state index in [-0.39, 0.29) is 24.4 Å². The first-order valence-electron chi connectivity index (χ1n) is 8.91. The number of aromatic nitrogens is 2. The van der Waals surface area contributed by atoms with E-state index in [2.05, 4.69) is 32.7 Å². The van der Waals surface area contributed by atoms with Crippen LogP contribution in [0.1, 0.15) is 11.9 Å². The van der Waals surface area contributed by atoms with Crippen molar-refractivity contribution in [1.29, 1.82) is 0 Å². The first kappa shape index (κ1) is 22.6. The highest BCUT2D eigenvalue weighted by atomic mass is 35.5. The summed E-state index contributed by atoms with van der Waals surface area (Å²) in [5.41, 5.74) is 0.845. The standard InChI is InChI=1S/C18H25N5O3S.ClH/c1-23-9-7-19-11-14(23)17-21-18(26-22-17)13-5-3-4-6-15(13)27-12-16(24)20-8-10-25-2;/h3-6,14,19H,7-12H2,1-2H3,(H,20,24);1H. The van der Waals surface area contributed by atoms with E-state index in [1.165, 1.54) is 11.8 Å². The van der Waals surface area contributed by atoms with Crippen molar-refractivity contribution in [2.75, 3.05) is 52.7 Å². The third-order valence-electron chi connectivity index (χ3n) is 4.36. The second-order valence-electron chi connectivity index (χ2n) is 6.29. The number of hydrogen-bond donors (Lipinski definition) is 2. The number of piperazine rings is 1. The lowest BCUT2D eigenvalue weighted by molar-refractivity contribution is -0.118. The minimum Gasteiger partial charge on any atom is -0.383 e. The van der Waals surface area contributed by atoms with Gasteiger partial charge in [0.25, 0.3) is 5.89 Å². The fourth-order valence-corrected chi connectivity index (χ4v) is 3.70. The molecule has 2 aromatic rings. The van der Waals surface area contributed by atoms with Crippen LogP contribution in [-0.4, -0.2) is 73.6 Å². The molecular weight excluding hydrogens is 402 g/mol. The number of methoxy groups -OCH3 is 1. The van der Waals surface area contributed by atoms with E-state index in [1.54, 1.807) is 7.11 Å². The van der Waals surface area contributed by atoms with E-state index in [1.807, 2.05) is 24.3 Å². The van der Waals surface area contributed by atoms with Gasteiger partial charge in [0.2, 0.25) is 5.91 Å². The molecule has 1 aliphatic heterocycles. The van der Waals surface area contributed by atoms with E-state index >= 15 is 0 Å². The molecule has 0 radical (unpaired) electrons. The molecule has 10 heteroatoms. The van der Waals surface area contributed by atoms with Crippen molar-refractivity contribution < 1.29 is 14.1 Å². The maximum Gasteiger partial charge on any atom is 0.259 e. The molecule has 8 nitrogen and oxygen atoms in total. The van der Waals surface area contributed by atoms with Gasteiger partial charge in [-0.15, -0.1) is 24.2 Å². The Hall–Kier alpha value is -1.65. The maximum atomic E-state index is 11.9. The van der Waals surface area contributed by atoms with Gasteiger partial charge in [0.1, 0.15) is 0 Å². The van der Waals surface area contributed by atoms with Crippen LogP contribution in [0.4, 0.5) is 0 Å². The van der Waals surface area contributed by atoms with Crippen molar-refractivity contribution in [1.82, 2.24) is 25.7 Å². The molecule has 1 amide bonds. The number of rotatable bonds is 8. The predicted molar refractivity (Wildman–Crippen MR) is 111 cm³/mol. The van der Waals surface area contributed by atoms with Gasteiger partial charge >= 0.3 is 0 Å². The Morgan fingerprint density at radius 2 is 2.29 bits per heavy atom. The van der Waals surface area contributed by atoms with Crippen LogP contribution in [0.15, 0.2) is 33.7 Å². The van der Waals surface area contributed by atoms with Crippen LogP contribution in [0.2, 0.25) is 0 Å². The Morgan fingerprint density at radius 1 is 1.46 bits per heavy atom. The van der Waals surface area contributed by atoms with Gasteiger partial charge in [0.05, 0.1) is 24.0 Å². The molecular formula is C18H26ClN5O3S. The molecule has 0 bridgehead atoms. The summed E-state index contributed by atoms with van der Waals surface area (Å²) < 4.78 is 10.5. The molecule has 0 aliphatic carbocycles. The summed E-state index contributed by atoms with van der Waals surface area (Å²) in [6.07, 6.45) is 0. The highest BCUT2D eigenvalue weighted by molar-refractivity contribution is 8.00. The van der Waals surface area contributed by atoms with Gasteiger partial charge in [0, 0.05) is 38.2 Å². The Morgan fingerprint density at radius 3 is 3.07 bits per heavy atom. The van der Waals surface area contributed by atoms with Crippen molar-refractivity contribution >= 4 is 30.1 Å². The molecule has 3 rings (SSSR count). The molecule has 1 fully saturated rings. The topological polar surface area (TPSA) is 92.5 Å². The van der Waals surface area contributed by atoms with Crippen LogP contribution in [0.5, 0.6) is 0 Å². The fourth-order valence-electron chi connectivity index (χ4n) is 2.83. The van der Waals surface area contributed by atoms with E-state index < -0.39 is 0 Å². The number of ether oxygens (including phenoxy) is 1. The van der Waals surface area contributed by atoms with Gasteiger partial charge in [-0.1, -0.05) is 17.3 Å². The van der Waals surface area contributed by atoms with Crippen molar-refractivity contribution in [2.24, 2.45) is 0 Å². The Balaban J connectivity index is 0.00000280. The smallest absolute Gasteiger partial charge is 0.259 e. The fraction of sp³-hybridized carbons (Fsp3) is 0.500. The SMILES string of the molecule is COCCNC(=O)CSc1ccccc1-c1nc(C2CNCCN2C)no1.Cl. The first-order chi connectivity index (χ1) is 13.2. The lowest BCUT2D eigenvalue weighted by atomic mass is 10.2. The molecule has 1 unspecified atom stereocenters. The number of halogens is 1. The van der Waals surface area contributed by atoms with Crippen molar-refractivity contribution in [3.8, 4) is 11.5 Å². The number of benzene rings is 1. The molecule has 2 heterocycles. The normalized spacial score (nSPS) is 17.1. The molecule has 154 valence electrons. The third-order valence-corrected chi connectivity index (χ3v) is 5.43. The Kier molecular flexibility index (Phi) is 9.20. The number of nitrogens with zero attached hydrogens (tertiary/aromatic N) is 3. The molecule has 1 aromatic carbocycles. The van der Waals surface area contributed by atoms with Crippen LogP contribution in [0.3, 0.4) is 0 Å². The molecule has 1 aromatic heterocycles. The molecule has 2 N–H and O–H groups in total. The number of hydrogen-bond acceptors (Lipinski definition) is 8. The second-order valence-corrected chi connectivity index (χ2v) is 7.30. The molecule has 1 aliphatic rings. The number of nitrogens with one attached hydrogen (secondary N) is 2. The van der Waals surface area contributed by atoms with Crippen LogP contribution in [-0.2, 0) is 9.53 Å². The van der Waals surface area contributed by atoms with E-state index in [4.69, 9.17) is 9.26 Å². The predicted octanol–water partition coefficient (Wildman–Crippen LogP) is 1.59. The number of carbonyl (C=O) groups is 1. The van der Waals surface area contributed by atoms with Gasteiger partial charge < -0.3 is 19.9 Å². The second kappa shape index (κ2) is 11.4. The minimum absolute atomic E-state index is 0. The molecule has 1 atom stereocenters. The highest BCUT2D eigenvalue weighted by Crippen LogP contribution is 2.31. The zero-order chi connectivity index (χ0) is 19.1. The lowest BCUT2D eigenvalue weighted by Gasteiger charge is -2.30. The van der Waals surface area contributed by atoms with E-state index in [0.717, 1.165) is 30.1 Å². The quantitative estimate of drug-likeness (QED) is 0.484. The van der Waals surface area contributed by atoms with Crippen LogP contribution >= 0.6 is 24.2 Å². The van der Waals surface area contributed by atoms with E-state index in [0.29, 0.717) is 30.6 Å². The van der Waals surface area contributed by atoms with Crippen LogP contribution in [0, 0.1) is 0 Å². The van der Waals surface area contributed by atoms with Gasteiger partial charge in [0.15, 0.2) is 5.82 Å². The van der Waals surface area contributed by atoms with E-state index in [9.17, 15) is 4.79 Å². The number of amides is 1. The minimum atomic E-state index is -0.0343. The third kappa shape index (κ3) is 5.92. The summed E-state index contributed by atoms with van der Waals surface area (Å²) in [5, 5.41) is 10.4. The van der Waals surface area contributed by atoms with Crippen LogP contribution < -0.4 is 10.6 Å². The molecule has 1 saturated heterocycles. The maximum absolute atomic E-state index is 11.9. The largest absolute Gasteiger partial charge is 0.383 e. The summed E-state index contributed by atoms with van der Waals surface area (Å²) in [4.78, 5) is 19.7. The summed E-state index contributed by atoms with van der Waals surface area (Å²) in [5.74, 6) is 1.44. The van der Waals surface area contributed by atoms with Crippen molar-refractivity contribution in [2.45, 2.75) is 10.9 Å². The number of likely N-dealkylation sites (N-methyl/N-ethyl adjacent to an activating group) is 1. The summed E-state index contributed by atoms with van der Waals surface area (Å²) in [6.45, 7) is 3.71. The van der Waals surface area contributed by atoms with Crippen molar-refractivity contribution in [3.63, 3.8) is 0 Å². The van der Waals surface area contributed by atoms with Gasteiger partial charge in [-0.05, 0) is 19.2 Å². The number of thioether (sulfide) groups is 1. The summed E-state index contributed by atoms with van der Waals surface area (Å²) >= 11 is 1.45. The average Bonchev–Trinajstić information content (AvgIpc) is 3.17. The van der Waals surface area contributed by atoms with Crippen molar-refractivity contribution in [3.05, 3.63) is 30.1 Å². The van der Waals surface area contributed by atoms with Gasteiger partial charge in [-0.25, -0.2) is 0 Å². The van der Waals surface area contributed by atoms with Gasteiger partial charge in [-0.3, -0.25) is 9.69 Å². The highest BCUT2D eigenvalue weighted by Gasteiger charge is 2.26. The monoisotopic (exact) mass is 427 g/mol. The lowest BCUT2D eigenvalue weighted by Crippen LogP contribution is -2.44. The number of carbonyl (C=O) groups excluding carboxylic acids is 1. The van der Waals surface area contributed by atoms with Crippen LogP contribution in [0.25, 0.3) is 11.5 Å². The molecule has 0 spiro atoms. The Labute approximate surface area is 175 Å². The average molecular weight is 428 g/mol. The van der Waals surface area contributed by atoms with Gasteiger partial charge in [-0.2, -0.15) is 4.98 Å². The zero-order valence-electron chi connectivity index (χ0n) is 16.0.